The van der Waals surface area contributed by atoms with Crippen LogP contribution in [0.3, 0.4) is 0 Å². The van der Waals surface area contributed by atoms with Crippen molar-refractivity contribution >= 4 is 6.03 Å². The summed E-state index contributed by atoms with van der Waals surface area (Å²) in [5.41, 5.74) is 4.60. The molecular formula is C17H28N2O3. The third-order valence-electron chi connectivity index (χ3n) is 3.77. The third kappa shape index (κ3) is 5.00. The molecule has 0 aliphatic carbocycles. The van der Waals surface area contributed by atoms with E-state index in [2.05, 4.69) is 24.4 Å². The Morgan fingerprint density at radius 3 is 2.23 bits per heavy atom. The quantitative estimate of drug-likeness (QED) is 0.751. The summed E-state index contributed by atoms with van der Waals surface area (Å²) in [6, 6.07) is 3.58. The van der Waals surface area contributed by atoms with Crippen molar-refractivity contribution in [2.24, 2.45) is 0 Å². The van der Waals surface area contributed by atoms with Crippen molar-refractivity contribution in [3.05, 3.63) is 34.4 Å². The molecule has 0 aliphatic rings. The van der Waals surface area contributed by atoms with Gasteiger partial charge in [-0.1, -0.05) is 17.7 Å². The molecule has 22 heavy (non-hydrogen) atoms. The summed E-state index contributed by atoms with van der Waals surface area (Å²) < 4.78 is 0. The zero-order valence-electron chi connectivity index (χ0n) is 14.2. The van der Waals surface area contributed by atoms with Crippen LogP contribution in [0.25, 0.3) is 0 Å². The molecule has 0 unspecified atom stereocenters. The van der Waals surface area contributed by atoms with Crippen LogP contribution < -0.4 is 5.32 Å². The fraction of sp³-hybridized carbons (Fsp3) is 0.588. The molecule has 0 heterocycles. The number of nitrogens with one attached hydrogen (secondary N) is 1. The maximum atomic E-state index is 12.3. The van der Waals surface area contributed by atoms with Gasteiger partial charge in [-0.25, -0.2) is 4.79 Å². The van der Waals surface area contributed by atoms with E-state index < -0.39 is 6.10 Å². The number of carbonyl (C=O) groups is 1. The molecule has 0 radical (unpaired) electrons. The monoisotopic (exact) mass is 308 g/mol. The van der Waals surface area contributed by atoms with E-state index in [0.717, 1.165) is 16.7 Å². The van der Waals surface area contributed by atoms with Crippen molar-refractivity contribution in [3.8, 4) is 0 Å². The summed E-state index contributed by atoms with van der Waals surface area (Å²) >= 11 is 0. The Morgan fingerprint density at radius 2 is 1.77 bits per heavy atom. The Morgan fingerprint density at radius 1 is 1.23 bits per heavy atom. The van der Waals surface area contributed by atoms with Crippen molar-refractivity contribution < 1.29 is 15.0 Å². The van der Waals surface area contributed by atoms with Crippen LogP contribution in [-0.2, 0) is 6.54 Å². The van der Waals surface area contributed by atoms with Crippen LogP contribution in [0.2, 0.25) is 0 Å². The number of benzene rings is 1. The van der Waals surface area contributed by atoms with Gasteiger partial charge >= 0.3 is 6.03 Å². The molecule has 2 atom stereocenters. The summed E-state index contributed by atoms with van der Waals surface area (Å²) in [6.45, 7) is 9.99. The summed E-state index contributed by atoms with van der Waals surface area (Å²) in [5, 5.41) is 21.7. The molecule has 0 saturated heterocycles. The number of aryl methyl sites for hydroxylation is 3. The number of aliphatic hydroxyl groups is 2. The largest absolute Gasteiger partial charge is 0.394 e. The molecule has 3 N–H and O–H groups in total. The Hall–Kier alpha value is -1.59. The Bertz CT molecular complexity index is 492. The molecule has 124 valence electrons. The van der Waals surface area contributed by atoms with Gasteiger partial charge in [0.2, 0.25) is 0 Å². The van der Waals surface area contributed by atoms with Crippen LogP contribution in [0.5, 0.6) is 0 Å². The van der Waals surface area contributed by atoms with Crippen molar-refractivity contribution in [3.63, 3.8) is 0 Å². The van der Waals surface area contributed by atoms with E-state index in [1.165, 1.54) is 10.5 Å². The highest BCUT2D eigenvalue weighted by Crippen LogP contribution is 2.16. The molecule has 2 amide bonds. The van der Waals surface area contributed by atoms with Gasteiger partial charge in [0.25, 0.3) is 0 Å². The van der Waals surface area contributed by atoms with Crippen LogP contribution in [0.4, 0.5) is 4.79 Å². The second-order valence-corrected chi connectivity index (χ2v) is 6.07. The van der Waals surface area contributed by atoms with Gasteiger partial charge in [0.1, 0.15) is 0 Å². The molecule has 1 aromatic rings. The summed E-state index contributed by atoms with van der Waals surface area (Å²) in [7, 11) is 0. The summed E-state index contributed by atoms with van der Waals surface area (Å²) in [5.74, 6) is 0. The third-order valence-corrected chi connectivity index (χ3v) is 3.77. The lowest BCUT2D eigenvalue weighted by Crippen LogP contribution is -2.49. The minimum atomic E-state index is -0.636. The van der Waals surface area contributed by atoms with Crippen LogP contribution >= 0.6 is 0 Å². The predicted octanol–water partition coefficient (Wildman–Crippen LogP) is 1.89. The van der Waals surface area contributed by atoms with Gasteiger partial charge in [-0.05, 0) is 51.3 Å². The minimum Gasteiger partial charge on any atom is -0.394 e. The molecule has 5 nitrogen and oxygen atoms in total. The Labute approximate surface area is 133 Å². The zero-order chi connectivity index (χ0) is 16.9. The van der Waals surface area contributed by atoms with Crippen LogP contribution in [-0.4, -0.2) is 46.4 Å². The van der Waals surface area contributed by atoms with Gasteiger partial charge in [-0.15, -0.1) is 0 Å². The summed E-state index contributed by atoms with van der Waals surface area (Å²) in [4.78, 5) is 13.8. The molecule has 0 aromatic heterocycles. The van der Waals surface area contributed by atoms with E-state index in [1.807, 2.05) is 13.8 Å². The Balaban J connectivity index is 2.79. The maximum Gasteiger partial charge on any atom is 0.318 e. The Kier molecular flexibility index (Phi) is 6.84. The van der Waals surface area contributed by atoms with Crippen molar-refractivity contribution in [1.82, 2.24) is 10.2 Å². The smallest absolute Gasteiger partial charge is 0.318 e. The van der Waals surface area contributed by atoms with Crippen molar-refractivity contribution in [1.29, 1.82) is 0 Å². The molecule has 0 bridgehead atoms. The first-order valence-electron chi connectivity index (χ1n) is 7.66. The normalized spacial score (nSPS) is 13.6. The van der Waals surface area contributed by atoms with Crippen LogP contribution in [0, 0.1) is 20.8 Å². The zero-order valence-corrected chi connectivity index (χ0v) is 14.2. The van der Waals surface area contributed by atoms with Crippen LogP contribution in [0.15, 0.2) is 12.1 Å². The number of hydrogen-bond donors (Lipinski definition) is 3. The second kappa shape index (κ2) is 8.15. The van der Waals surface area contributed by atoms with Crippen molar-refractivity contribution in [2.45, 2.75) is 53.3 Å². The standard InChI is InChI=1S/C17H28N2O3/c1-11-6-12(2)16(13(3)7-11)8-18-17(22)19(9-15(5)21)14(4)10-20/h6-7,14-15,20-21H,8-10H2,1-5H3,(H,18,22)/t14-,15-/m1/s1. The van der Waals surface area contributed by atoms with Gasteiger partial charge in [-0.3, -0.25) is 0 Å². The highest BCUT2D eigenvalue weighted by atomic mass is 16.3. The first-order chi connectivity index (χ1) is 10.3. The fourth-order valence-corrected chi connectivity index (χ4v) is 2.60. The maximum absolute atomic E-state index is 12.3. The highest BCUT2D eigenvalue weighted by Gasteiger charge is 2.21. The van der Waals surface area contributed by atoms with Gasteiger partial charge in [0, 0.05) is 13.1 Å². The van der Waals surface area contributed by atoms with Gasteiger partial charge in [0.05, 0.1) is 18.8 Å². The number of hydrogen-bond acceptors (Lipinski definition) is 3. The van der Waals surface area contributed by atoms with E-state index in [4.69, 9.17) is 0 Å². The lowest BCUT2D eigenvalue weighted by molar-refractivity contribution is 0.0936. The number of carbonyl (C=O) groups excluding carboxylic acids is 1. The van der Waals surface area contributed by atoms with Gasteiger partial charge in [0.15, 0.2) is 0 Å². The van der Waals surface area contributed by atoms with E-state index in [-0.39, 0.29) is 25.2 Å². The molecule has 0 fully saturated rings. The molecule has 0 spiro atoms. The van der Waals surface area contributed by atoms with E-state index >= 15 is 0 Å². The first-order valence-corrected chi connectivity index (χ1v) is 7.66. The molecular weight excluding hydrogens is 280 g/mol. The lowest BCUT2D eigenvalue weighted by Gasteiger charge is -2.29. The van der Waals surface area contributed by atoms with E-state index in [0.29, 0.717) is 6.54 Å². The molecule has 1 rings (SSSR count). The topological polar surface area (TPSA) is 72.8 Å². The minimum absolute atomic E-state index is 0.136. The molecule has 0 aliphatic heterocycles. The highest BCUT2D eigenvalue weighted by molar-refractivity contribution is 5.74. The average molecular weight is 308 g/mol. The predicted molar refractivity (Wildman–Crippen MR) is 87.8 cm³/mol. The number of aliphatic hydroxyl groups excluding tert-OH is 2. The lowest BCUT2D eigenvalue weighted by atomic mass is 10.00. The number of urea groups is 1. The van der Waals surface area contributed by atoms with E-state index in [9.17, 15) is 15.0 Å². The van der Waals surface area contributed by atoms with Gasteiger partial charge < -0.3 is 20.4 Å². The fourth-order valence-electron chi connectivity index (χ4n) is 2.60. The molecule has 5 heteroatoms. The number of rotatable bonds is 6. The summed E-state index contributed by atoms with van der Waals surface area (Å²) in [6.07, 6.45) is -0.636. The first kappa shape index (κ1) is 18.5. The van der Waals surface area contributed by atoms with Crippen LogP contribution in [0.1, 0.15) is 36.1 Å². The SMILES string of the molecule is Cc1cc(C)c(CNC(=O)N(C[C@@H](C)O)[C@H](C)CO)c(C)c1. The van der Waals surface area contributed by atoms with Crippen molar-refractivity contribution in [2.75, 3.05) is 13.2 Å². The second-order valence-electron chi connectivity index (χ2n) is 6.07. The molecule has 1 aromatic carbocycles. The van der Waals surface area contributed by atoms with E-state index in [1.54, 1.807) is 13.8 Å². The van der Waals surface area contributed by atoms with Gasteiger partial charge in [-0.2, -0.15) is 0 Å². The number of nitrogens with zero attached hydrogens (tertiary/aromatic N) is 1. The average Bonchev–Trinajstić information content (AvgIpc) is 2.42. The molecule has 0 saturated carbocycles. The number of amides is 2.